The standard InChI is InChI=1S/C50H96O6/c1-6-8-9-10-11-12-13-16-19-25-30-35-40-48(51)54-43-47(56-50(53)42-37-32-27-22-21-24-29-34-39-46(5)7-2)44-55-49(52)41-36-31-26-20-17-14-15-18-23-28-33-38-45(3)4/h45-47H,6-44H2,1-5H3/t46?,47-/m1/s1. The van der Waals surface area contributed by atoms with Gasteiger partial charge in [-0.1, -0.05) is 234 Å². The number of esters is 3. The number of carbonyl (C=O) groups is 3. The molecule has 0 rings (SSSR count). The fourth-order valence-corrected chi connectivity index (χ4v) is 7.43. The van der Waals surface area contributed by atoms with Crippen molar-refractivity contribution in [2.45, 2.75) is 278 Å². The minimum absolute atomic E-state index is 0.0644. The molecule has 0 spiro atoms. The van der Waals surface area contributed by atoms with Crippen LogP contribution >= 0.6 is 0 Å². The Balaban J connectivity index is 4.33. The van der Waals surface area contributed by atoms with Crippen molar-refractivity contribution in [3.05, 3.63) is 0 Å². The minimum Gasteiger partial charge on any atom is -0.462 e. The van der Waals surface area contributed by atoms with Crippen molar-refractivity contribution in [2.24, 2.45) is 11.8 Å². The first-order valence-electron chi connectivity index (χ1n) is 24.8. The van der Waals surface area contributed by atoms with Gasteiger partial charge in [0, 0.05) is 19.3 Å². The fraction of sp³-hybridized carbons (Fsp3) is 0.940. The van der Waals surface area contributed by atoms with Gasteiger partial charge in [-0.25, -0.2) is 0 Å². The van der Waals surface area contributed by atoms with Crippen molar-refractivity contribution in [3.63, 3.8) is 0 Å². The van der Waals surface area contributed by atoms with E-state index in [1.807, 2.05) is 0 Å². The third-order valence-electron chi connectivity index (χ3n) is 11.6. The maximum atomic E-state index is 12.7. The van der Waals surface area contributed by atoms with E-state index in [-0.39, 0.29) is 31.1 Å². The molecule has 0 aliphatic carbocycles. The number of hydrogen-bond donors (Lipinski definition) is 0. The number of carbonyl (C=O) groups excluding carboxylic acids is 3. The molecule has 6 heteroatoms. The van der Waals surface area contributed by atoms with Gasteiger partial charge in [-0.3, -0.25) is 14.4 Å². The Kier molecular flexibility index (Phi) is 41.8. The molecule has 0 aromatic rings. The van der Waals surface area contributed by atoms with E-state index in [1.54, 1.807) is 0 Å². The van der Waals surface area contributed by atoms with Crippen LogP contribution in [0.3, 0.4) is 0 Å². The molecule has 0 saturated heterocycles. The highest BCUT2D eigenvalue weighted by atomic mass is 16.6. The second-order valence-corrected chi connectivity index (χ2v) is 17.8. The van der Waals surface area contributed by atoms with Crippen LogP contribution < -0.4 is 0 Å². The first kappa shape index (κ1) is 54.4. The predicted octanol–water partition coefficient (Wildman–Crippen LogP) is 15.8. The number of rotatable bonds is 44. The third-order valence-corrected chi connectivity index (χ3v) is 11.6. The van der Waals surface area contributed by atoms with Gasteiger partial charge in [0.15, 0.2) is 6.10 Å². The molecule has 0 heterocycles. The van der Waals surface area contributed by atoms with Gasteiger partial charge in [0.2, 0.25) is 0 Å². The maximum Gasteiger partial charge on any atom is 0.306 e. The van der Waals surface area contributed by atoms with E-state index >= 15 is 0 Å². The van der Waals surface area contributed by atoms with Gasteiger partial charge in [-0.2, -0.15) is 0 Å². The van der Waals surface area contributed by atoms with Crippen molar-refractivity contribution in [3.8, 4) is 0 Å². The van der Waals surface area contributed by atoms with Gasteiger partial charge in [-0.05, 0) is 31.1 Å². The number of hydrogen-bond acceptors (Lipinski definition) is 6. The van der Waals surface area contributed by atoms with Crippen LogP contribution in [0.5, 0.6) is 0 Å². The minimum atomic E-state index is -0.761. The second kappa shape index (κ2) is 43.0. The SMILES string of the molecule is CCCCCCCCCCCCCCC(=O)OC[C@H](COC(=O)CCCCCCCCCCCCCC(C)C)OC(=O)CCCCCCCCCCC(C)CC. The molecular weight excluding hydrogens is 697 g/mol. The van der Waals surface area contributed by atoms with Crippen molar-refractivity contribution in [2.75, 3.05) is 13.2 Å². The van der Waals surface area contributed by atoms with E-state index in [2.05, 4.69) is 34.6 Å². The van der Waals surface area contributed by atoms with E-state index in [0.29, 0.717) is 19.3 Å². The molecule has 0 bridgehead atoms. The Morgan fingerprint density at radius 1 is 0.375 bits per heavy atom. The molecule has 0 amide bonds. The molecule has 2 atom stereocenters. The second-order valence-electron chi connectivity index (χ2n) is 17.8. The van der Waals surface area contributed by atoms with Gasteiger partial charge in [0.25, 0.3) is 0 Å². The summed E-state index contributed by atoms with van der Waals surface area (Å²) in [7, 11) is 0. The molecule has 332 valence electrons. The molecule has 0 saturated carbocycles. The van der Waals surface area contributed by atoms with Crippen LogP contribution in [0.25, 0.3) is 0 Å². The number of unbranched alkanes of at least 4 members (excludes halogenated alkanes) is 28. The lowest BCUT2D eigenvalue weighted by Crippen LogP contribution is -2.30. The Bertz CT molecular complexity index is 856. The van der Waals surface area contributed by atoms with Crippen LogP contribution in [-0.2, 0) is 28.6 Å². The third kappa shape index (κ3) is 42.0. The largest absolute Gasteiger partial charge is 0.462 e. The first-order valence-corrected chi connectivity index (χ1v) is 24.8. The van der Waals surface area contributed by atoms with Crippen molar-refractivity contribution in [1.82, 2.24) is 0 Å². The zero-order valence-electron chi connectivity index (χ0n) is 38.3. The molecule has 0 aromatic carbocycles. The Labute approximate surface area is 348 Å². The van der Waals surface area contributed by atoms with Crippen molar-refractivity contribution >= 4 is 17.9 Å². The van der Waals surface area contributed by atoms with Crippen LogP contribution in [-0.4, -0.2) is 37.2 Å². The molecule has 0 radical (unpaired) electrons. The van der Waals surface area contributed by atoms with E-state index in [0.717, 1.165) is 69.6 Å². The molecule has 0 aliphatic heterocycles. The summed E-state index contributed by atoms with van der Waals surface area (Å²) < 4.78 is 16.8. The lowest BCUT2D eigenvalue weighted by molar-refractivity contribution is -0.167. The molecule has 0 aromatic heterocycles. The fourth-order valence-electron chi connectivity index (χ4n) is 7.43. The Morgan fingerprint density at radius 3 is 1.02 bits per heavy atom. The van der Waals surface area contributed by atoms with Gasteiger partial charge >= 0.3 is 17.9 Å². The highest BCUT2D eigenvalue weighted by molar-refractivity contribution is 5.71. The van der Waals surface area contributed by atoms with Gasteiger partial charge in [-0.15, -0.1) is 0 Å². The summed E-state index contributed by atoms with van der Waals surface area (Å²) in [4.78, 5) is 37.8. The Hall–Kier alpha value is -1.59. The average Bonchev–Trinajstić information content (AvgIpc) is 3.18. The molecule has 0 aliphatic rings. The van der Waals surface area contributed by atoms with Crippen LogP contribution in [0.4, 0.5) is 0 Å². The summed E-state index contributed by atoms with van der Waals surface area (Å²) in [5, 5.41) is 0. The summed E-state index contributed by atoms with van der Waals surface area (Å²) in [6.45, 7) is 11.4. The Morgan fingerprint density at radius 2 is 0.679 bits per heavy atom. The monoisotopic (exact) mass is 793 g/mol. The summed E-state index contributed by atoms with van der Waals surface area (Å²) in [6, 6.07) is 0. The molecule has 0 fully saturated rings. The molecule has 6 nitrogen and oxygen atoms in total. The number of ether oxygens (including phenoxy) is 3. The van der Waals surface area contributed by atoms with Gasteiger partial charge in [0.1, 0.15) is 13.2 Å². The molecule has 56 heavy (non-hydrogen) atoms. The molecule has 1 unspecified atom stereocenters. The van der Waals surface area contributed by atoms with Crippen LogP contribution in [0.1, 0.15) is 272 Å². The van der Waals surface area contributed by atoms with E-state index in [1.165, 1.54) is 161 Å². The zero-order valence-corrected chi connectivity index (χ0v) is 38.3. The highest BCUT2D eigenvalue weighted by Gasteiger charge is 2.19. The summed E-state index contributed by atoms with van der Waals surface area (Å²) in [6.07, 6.45) is 42.2. The summed E-state index contributed by atoms with van der Waals surface area (Å²) in [5.74, 6) is 0.819. The van der Waals surface area contributed by atoms with Gasteiger partial charge in [0.05, 0.1) is 0 Å². The van der Waals surface area contributed by atoms with Crippen molar-refractivity contribution < 1.29 is 28.6 Å². The first-order chi connectivity index (χ1) is 27.3. The molecule has 0 N–H and O–H groups in total. The highest BCUT2D eigenvalue weighted by Crippen LogP contribution is 2.17. The topological polar surface area (TPSA) is 78.9 Å². The average molecular weight is 793 g/mol. The lowest BCUT2D eigenvalue weighted by atomic mass is 9.99. The van der Waals surface area contributed by atoms with E-state index < -0.39 is 6.10 Å². The maximum absolute atomic E-state index is 12.7. The van der Waals surface area contributed by atoms with Gasteiger partial charge < -0.3 is 14.2 Å². The van der Waals surface area contributed by atoms with E-state index in [9.17, 15) is 14.4 Å². The lowest BCUT2D eigenvalue weighted by Gasteiger charge is -2.18. The predicted molar refractivity (Wildman–Crippen MR) is 238 cm³/mol. The van der Waals surface area contributed by atoms with Crippen LogP contribution in [0.15, 0.2) is 0 Å². The normalized spacial score (nSPS) is 12.5. The molecular formula is C50H96O6. The van der Waals surface area contributed by atoms with E-state index in [4.69, 9.17) is 14.2 Å². The van der Waals surface area contributed by atoms with Crippen LogP contribution in [0.2, 0.25) is 0 Å². The zero-order chi connectivity index (χ0) is 41.2. The quantitative estimate of drug-likeness (QED) is 0.0347. The summed E-state index contributed by atoms with van der Waals surface area (Å²) >= 11 is 0. The van der Waals surface area contributed by atoms with Crippen LogP contribution in [0, 0.1) is 11.8 Å². The smallest absolute Gasteiger partial charge is 0.306 e. The van der Waals surface area contributed by atoms with Crippen molar-refractivity contribution in [1.29, 1.82) is 0 Å². The summed E-state index contributed by atoms with van der Waals surface area (Å²) in [5.41, 5.74) is 0.